The van der Waals surface area contributed by atoms with Gasteiger partial charge in [0, 0.05) is 12.5 Å². The molecule has 0 bridgehead atoms. The largest absolute Gasteiger partial charge is 0.457 e. The SMILES string of the molecule is CCC(=O)O[C@@H]([C@H]1CCC2C(O1)C(N)C1[C@@H]3CCC4C(C)(C)[C@@H](O)CCC45[C@@H](C)[C@@]35CC[C@]21C)C(C)(C)O. The summed E-state index contributed by atoms with van der Waals surface area (Å²) in [6.07, 6.45) is 7.80. The minimum Gasteiger partial charge on any atom is -0.457 e. The van der Waals surface area contributed by atoms with Crippen molar-refractivity contribution in [2.75, 3.05) is 0 Å². The summed E-state index contributed by atoms with van der Waals surface area (Å²) in [4.78, 5) is 12.2. The zero-order valence-electron chi connectivity index (χ0n) is 24.8. The fourth-order valence-electron chi connectivity index (χ4n) is 12.3. The number of carbonyl (C=O) groups excluding carboxylic acids is 1. The van der Waals surface area contributed by atoms with Gasteiger partial charge < -0.3 is 25.4 Å². The number of hydrogen-bond acceptors (Lipinski definition) is 6. The lowest BCUT2D eigenvalue weighted by Crippen LogP contribution is -2.56. The van der Waals surface area contributed by atoms with E-state index in [4.69, 9.17) is 15.2 Å². The van der Waals surface area contributed by atoms with Crippen LogP contribution in [0, 0.1) is 51.2 Å². The van der Waals surface area contributed by atoms with E-state index in [1.54, 1.807) is 20.8 Å². The molecule has 0 radical (unpaired) electrons. The van der Waals surface area contributed by atoms with Crippen molar-refractivity contribution in [3.8, 4) is 0 Å². The maximum Gasteiger partial charge on any atom is 0.305 e. The number of nitrogens with two attached hydrogens (primary N) is 1. The molecule has 6 heteroatoms. The first kappa shape index (κ1) is 27.5. The topological polar surface area (TPSA) is 102 Å². The molecular formula is C32H53NO5. The van der Waals surface area contributed by atoms with Gasteiger partial charge in [0.25, 0.3) is 0 Å². The normalized spacial score (nSPS) is 53.5. The Morgan fingerprint density at radius 3 is 2.39 bits per heavy atom. The van der Waals surface area contributed by atoms with E-state index in [9.17, 15) is 15.0 Å². The molecule has 5 aliphatic carbocycles. The van der Waals surface area contributed by atoms with Gasteiger partial charge in [-0.1, -0.05) is 34.6 Å². The molecule has 6 aliphatic rings. The van der Waals surface area contributed by atoms with Crippen molar-refractivity contribution in [1.29, 1.82) is 0 Å². The van der Waals surface area contributed by atoms with Gasteiger partial charge in [-0.15, -0.1) is 0 Å². The maximum absolute atomic E-state index is 12.2. The molecule has 6 fully saturated rings. The summed E-state index contributed by atoms with van der Waals surface area (Å²) >= 11 is 0. The molecule has 6 unspecified atom stereocenters. The van der Waals surface area contributed by atoms with Crippen LogP contribution in [0.25, 0.3) is 0 Å². The van der Waals surface area contributed by atoms with Crippen LogP contribution in [0.1, 0.15) is 106 Å². The zero-order chi connectivity index (χ0) is 27.6. The van der Waals surface area contributed by atoms with Gasteiger partial charge in [-0.05, 0) is 116 Å². The fourth-order valence-corrected chi connectivity index (χ4v) is 12.3. The van der Waals surface area contributed by atoms with Crippen molar-refractivity contribution in [1.82, 2.24) is 0 Å². The van der Waals surface area contributed by atoms with E-state index in [0.717, 1.165) is 19.3 Å². The summed E-state index contributed by atoms with van der Waals surface area (Å²) in [7, 11) is 0. The molecule has 5 saturated carbocycles. The average Bonchev–Trinajstić information content (AvgIpc) is 3.30. The molecule has 0 aromatic carbocycles. The maximum atomic E-state index is 12.2. The number of carbonyl (C=O) groups is 1. The van der Waals surface area contributed by atoms with Gasteiger partial charge >= 0.3 is 5.97 Å². The highest BCUT2D eigenvalue weighted by Gasteiger charge is 2.85. The number of hydrogen-bond donors (Lipinski definition) is 3. The Balaban J connectivity index is 1.29. The quantitative estimate of drug-likeness (QED) is 0.449. The molecule has 1 saturated heterocycles. The molecular weight excluding hydrogens is 478 g/mol. The summed E-state index contributed by atoms with van der Waals surface area (Å²) in [6.45, 7) is 14.9. The molecule has 0 amide bonds. The second-order valence-corrected chi connectivity index (χ2v) is 15.8. The van der Waals surface area contributed by atoms with Gasteiger partial charge in [0.1, 0.15) is 0 Å². The smallest absolute Gasteiger partial charge is 0.305 e. The molecule has 1 heterocycles. The lowest BCUT2D eigenvalue weighted by Gasteiger charge is -2.59. The monoisotopic (exact) mass is 531 g/mol. The Hall–Kier alpha value is -0.690. The van der Waals surface area contributed by atoms with Crippen LogP contribution in [0.5, 0.6) is 0 Å². The van der Waals surface area contributed by atoms with Gasteiger partial charge in [-0.25, -0.2) is 0 Å². The van der Waals surface area contributed by atoms with Crippen LogP contribution in [0.15, 0.2) is 0 Å². The molecule has 6 nitrogen and oxygen atoms in total. The minimum absolute atomic E-state index is 0.0219. The molecule has 0 aromatic rings. The van der Waals surface area contributed by atoms with Crippen LogP contribution in [0.2, 0.25) is 0 Å². The fraction of sp³-hybridized carbons (Fsp3) is 0.969. The Labute approximate surface area is 229 Å². The van der Waals surface area contributed by atoms with Gasteiger partial charge in [-0.3, -0.25) is 4.79 Å². The molecule has 0 aromatic heterocycles. The van der Waals surface area contributed by atoms with E-state index in [-0.39, 0.29) is 47.6 Å². The number of aliphatic hydroxyl groups excluding tert-OH is 1. The van der Waals surface area contributed by atoms with Crippen LogP contribution in [0.4, 0.5) is 0 Å². The number of rotatable bonds is 4. The second kappa shape index (κ2) is 8.42. The molecule has 6 rings (SSSR count). The van der Waals surface area contributed by atoms with Crippen molar-refractivity contribution in [2.24, 2.45) is 57.0 Å². The predicted molar refractivity (Wildman–Crippen MR) is 146 cm³/mol. The first-order chi connectivity index (χ1) is 17.7. The molecule has 13 atom stereocenters. The molecule has 216 valence electrons. The van der Waals surface area contributed by atoms with Gasteiger partial charge in [0.15, 0.2) is 6.10 Å². The third kappa shape index (κ3) is 3.24. The van der Waals surface area contributed by atoms with E-state index in [0.29, 0.717) is 40.4 Å². The van der Waals surface area contributed by atoms with Crippen molar-refractivity contribution >= 4 is 5.97 Å². The Bertz CT molecular complexity index is 975. The molecule has 4 N–H and O–H groups in total. The summed E-state index contributed by atoms with van der Waals surface area (Å²) in [6, 6.07) is -0.0390. The standard InChI is InChI=1S/C32H53NO5/c1-8-23(35)38-27(29(5,6)36)20-11-9-19-26(37-20)25(33)24-18-10-12-21-28(3,4)22(34)13-14-32(21)17(2)31(18,32)16-15-30(19,24)7/h17-22,24-27,34,36H,8-16,33H2,1-7H3/t17-,18-,19?,20+,21?,22-,24?,25?,26?,27-,30+,31-,32?/m0/s1. The summed E-state index contributed by atoms with van der Waals surface area (Å²) < 4.78 is 12.6. The summed E-state index contributed by atoms with van der Waals surface area (Å²) in [5.41, 5.74) is 6.94. The Kier molecular flexibility index (Phi) is 6.09. The van der Waals surface area contributed by atoms with Crippen molar-refractivity contribution < 1.29 is 24.5 Å². The van der Waals surface area contributed by atoms with Crippen molar-refractivity contribution in [3.63, 3.8) is 0 Å². The minimum atomic E-state index is -1.18. The number of fused-ring (bicyclic) bond motifs is 4. The second-order valence-electron chi connectivity index (χ2n) is 15.8. The summed E-state index contributed by atoms with van der Waals surface area (Å²) in [5, 5.41) is 21.9. The van der Waals surface area contributed by atoms with E-state index >= 15 is 0 Å². The van der Waals surface area contributed by atoms with Crippen LogP contribution >= 0.6 is 0 Å². The van der Waals surface area contributed by atoms with Crippen molar-refractivity contribution in [3.05, 3.63) is 0 Å². The van der Waals surface area contributed by atoms with Crippen LogP contribution in [0.3, 0.4) is 0 Å². The highest BCUT2D eigenvalue weighted by atomic mass is 16.6. The molecule has 38 heavy (non-hydrogen) atoms. The Morgan fingerprint density at radius 2 is 1.74 bits per heavy atom. The highest BCUT2D eigenvalue weighted by molar-refractivity contribution is 5.69. The number of esters is 1. The van der Waals surface area contributed by atoms with E-state index in [1.165, 1.54) is 32.1 Å². The van der Waals surface area contributed by atoms with Gasteiger partial charge in [0.05, 0.1) is 23.9 Å². The lowest BCUT2D eigenvalue weighted by atomic mass is 9.46. The first-order valence-electron chi connectivity index (χ1n) is 15.7. The van der Waals surface area contributed by atoms with E-state index in [1.807, 2.05) is 0 Å². The first-order valence-corrected chi connectivity index (χ1v) is 15.7. The van der Waals surface area contributed by atoms with E-state index in [2.05, 4.69) is 27.7 Å². The number of aliphatic hydroxyl groups is 2. The van der Waals surface area contributed by atoms with Gasteiger partial charge in [0.2, 0.25) is 0 Å². The third-order valence-electron chi connectivity index (χ3n) is 14.0. The lowest BCUT2D eigenvalue weighted by molar-refractivity contribution is -0.202. The summed E-state index contributed by atoms with van der Waals surface area (Å²) in [5.74, 6) is 2.45. The van der Waals surface area contributed by atoms with E-state index < -0.39 is 11.7 Å². The molecule has 2 spiro atoms. The zero-order valence-corrected chi connectivity index (χ0v) is 24.8. The number of ether oxygens (including phenoxy) is 2. The van der Waals surface area contributed by atoms with Crippen LogP contribution < -0.4 is 5.73 Å². The van der Waals surface area contributed by atoms with Crippen LogP contribution in [-0.4, -0.2) is 52.2 Å². The van der Waals surface area contributed by atoms with Gasteiger partial charge in [-0.2, -0.15) is 0 Å². The molecule has 1 aliphatic heterocycles. The van der Waals surface area contributed by atoms with Crippen LogP contribution in [-0.2, 0) is 14.3 Å². The Morgan fingerprint density at radius 1 is 1.05 bits per heavy atom. The predicted octanol–water partition coefficient (Wildman–Crippen LogP) is 4.83. The average molecular weight is 532 g/mol. The third-order valence-corrected chi connectivity index (χ3v) is 14.0. The van der Waals surface area contributed by atoms with Crippen molar-refractivity contribution in [2.45, 2.75) is 142 Å². The highest BCUT2D eigenvalue weighted by Crippen LogP contribution is 2.89.